The van der Waals surface area contributed by atoms with Crippen LogP contribution >= 0.6 is 39.1 Å². The van der Waals surface area contributed by atoms with Crippen LogP contribution in [0.4, 0.5) is 0 Å². The summed E-state index contributed by atoms with van der Waals surface area (Å²) in [4.78, 5) is 0.336. The lowest BCUT2D eigenvalue weighted by atomic mass is 9.94. The molecule has 0 fully saturated rings. The van der Waals surface area contributed by atoms with Gasteiger partial charge in [0.15, 0.2) is 0 Å². The first-order valence-corrected chi connectivity index (χ1v) is 7.88. The molecule has 0 bridgehead atoms. The van der Waals surface area contributed by atoms with Crippen LogP contribution < -0.4 is 0 Å². The molecule has 2 aromatic carbocycles. The number of rotatable bonds is 4. The minimum Gasteiger partial charge on any atom is -0.0836 e. The molecule has 19 heavy (non-hydrogen) atoms. The molecule has 2 atom stereocenters. The number of hydrogen-bond acceptors (Lipinski definition) is 0. The van der Waals surface area contributed by atoms with Gasteiger partial charge >= 0.3 is 0 Å². The predicted octanol–water partition coefficient (Wildman–Crippen LogP) is 6.31. The summed E-state index contributed by atoms with van der Waals surface area (Å²) in [6, 6.07) is 16.3. The molecule has 0 heterocycles. The van der Waals surface area contributed by atoms with Crippen LogP contribution in [0.5, 0.6) is 0 Å². The van der Waals surface area contributed by atoms with E-state index < -0.39 is 0 Å². The zero-order chi connectivity index (χ0) is 13.8. The van der Waals surface area contributed by atoms with E-state index in [0.717, 1.165) is 6.42 Å². The highest BCUT2D eigenvalue weighted by Gasteiger charge is 2.16. The van der Waals surface area contributed by atoms with E-state index in [4.69, 9.17) is 23.2 Å². The lowest BCUT2D eigenvalue weighted by molar-refractivity contribution is 0.572. The smallest absolute Gasteiger partial charge is 0.0595 e. The van der Waals surface area contributed by atoms with E-state index >= 15 is 0 Å². The quantitative estimate of drug-likeness (QED) is 0.562. The second-order valence-corrected chi connectivity index (χ2v) is 6.54. The monoisotopic (exact) mass is 356 g/mol. The Labute approximate surface area is 132 Å². The number of halogens is 3. The molecule has 0 radical (unpaired) electrons. The molecule has 100 valence electrons. The third kappa shape index (κ3) is 3.98. The standard InChI is InChI=1S/C16H15BrCl2/c1-11(16(17)13-5-3-2-4-6-13)9-12-7-8-14(18)15(19)10-12/h2-8,10-11,16H,9H2,1H3. The van der Waals surface area contributed by atoms with Gasteiger partial charge in [-0.3, -0.25) is 0 Å². The number of alkyl halides is 1. The van der Waals surface area contributed by atoms with Crippen molar-refractivity contribution in [2.75, 3.05) is 0 Å². The van der Waals surface area contributed by atoms with Gasteiger partial charge in [-0.15, -0.1) is 0 Å². The van der Waals surface area contributed by atoms with Gasteiger partial charge in [0.05, 0.1) is 10.0 Å². The lowest BCUT2D eigenvalue weighted by Crippen LogP contribution is -2.07. The van der Waals surface area contributed by atoms with Crippen molar-refractivity contribution in [2.24, 2.45) is 5.92 Å². The van der Waals surface area contributed by atoms with Crippen LogP contribution in [-0.2, 0) is 6.42 Å². The third-order valence-electron chi connectivity index (χ3n) is 3.16. The highest BCUT2D eigenvalue weighted by molar-refractivity contribution is 9.09. The van der Waals surface area contributed by atoms with Gasteiger partial charge in [-0.2, -0.15) is 0 Å². The molecule has 2 rings (SSSR count). The van der Waals surface area contributed by atoms with E-state index in [1.165, 1.54) is 11.1 Å². The first kappa shape index (κ1) is 14.9. The van der Waals surface area contributed by atoms with E-state index in [-0.39, 0.29) is 0 Å². The second kappa shape index (κ2) is 6.78. The van der Waals surface area contributed by atoms with E-state index in [0.29, 0.717) is 20.8 Å². The van der Waals surface area contributed by atoms with Gasteiger partial charge < -0.3 is 0 Å². The Morgan fingerprint density at radius 2 is 1.68 bits per heavy atom. The fourth-order valence-corrected chi connectivity index (χ4v) is 2.92. The van der Waals surface area contributed by atoms with Crippen LogP contribution in [0.3, 0.4) is 0 Å². The maximum Gasteiger partial charge on any atom is 0.0595 e. The molecule has 0 saturated heterocycles. The van der Waals surface area contributed by atoms with Gasteiger partial charge in [0.25, 0.3) is 0 Å². The average Bonchev–Trinajstić information content (AvgIpc) is 2.43. The van der Waals surface area contributed by atoms with Crippen LogP contribution in [0.1, 0.15) is 22.9 Å². The van der Waals surface area contributed by atoms with Gasteiger partial charge in [-0.1, -0.05) is 82.5 Å². The summed E-state index contributed by atoms with van der Waals surface area (Å²) in [5, 5.41) is 1.23. The molecular weight excluding hydrogens is 343 g/mol. The van der Waals surface area contributed by atoms with Gasteiger partial charge in [0, 0.05) is 4.83 Å². The Balaban J connectivity index is 2.08. The molecule has 0 aliphatic rings. The third-order valence-corrected chi connectivity index (χ3v) is 5.33. The van der Waals surface area contributed by atoms with E-state index in [9.17, 15) is 0 Å². The summed E-state index contributed by atoms with van der Waals surface area (Å²) in [5.41, 5.74) is 2.51. The maximum absolute atomic E-state index is 6.05. The van der Waals surface area contributed by atoms with Gasteiger partial charge in [0.1, 0.15) is 0 Å². The Morgan fingerprint density at radius 1 is 1.00 bits per heavy atom. The van der Waals surface area contributed by atoms with Crippen LogP contribution in [0.15, 0.2) is 48.5 Å². The van der Waals surface area contributed by atoms with Crippen molar-refractivity contribution >= 4 is 39.1 Å². The lowest BCUT2D eigenvalue weighted by Gasteiger charge is -2.19. The van der Waals surface area contributed by atoms with Gasteiger partial charge in [-0.25, -0.2) is 0 Å². The van der Waals surface area contributed by atoms with Crippen molar-refractivity contribution in [3.8, 4) is 0 Å². The van der Waals surface area contributed by atoms with Crippen molar-refractivity contribution in [3.05, 3.63) is 69.7 Å². The summed E-state index contributed by atoms with van der Waals surface area (Å²) in [6.07, 6.45) is 0.960. The molecule has 0 aliphatic carbocycles. The second-order valence-electron chi connectivity index (χ2n) is 4.74. The Morgan fingerprint density at radius 3 is 2.32 bits per heavy atom. The molecule has 0 spiro atoms. The highest BCUT2D eigenvalue weighted by atomic mass is 79.9. The Bertz CT molecular complexity index is 540. The fourth-order valence-electron chi connectivity index (χ4n) is 2.11. The highest BCUT2D eigenvalue weighted by Crippen LogP contribution is 2.33. The summed E-state index contributed by atoms with van der Waals surface area (Å²) >= 11 is 15.8. The largest absolute Gasteiger partial charge is 0.0836 e. The molecule has 0 N–H and O–H groups in total. The van der Waals surface area contributed by atoms with Crippen molar-refractivity contribution in [2.45, 2.75) is 18.2 Å². The molecule has 0 nitrogen and oxygen atoms in total. The molecule has 0 amide bonds. The van der Waals surface area contributed by atoms with Crippen LogP contribution in [-0.4, -0.2) is 0 Å². The molecule has 0 saturated carbocycles. The fraction of sp³-hybridized carbons (Fsp3) is 0.250. The summed E-state index contributed by atoms with van der Waals surface area (Å²) in [7, 11) is 0. The Kier molecular flexibility index (Phi) is 5.32. The van der Waals surface area contributed by atoms with E-state index in [1.807, 2.05) is 24.3 Å². The van der Waals surface area contributed by atoms with Gasteiger partial charge in [0.2, 0.25) is 0 Å². The van der Waals surface area contributed by atoms with Crippen molar-refractivity contribution in [1.29, 1.82) is 0 Å². The minimum absolute atomic E-state index is 0.336. The summed E-state index contributed by atoms with van der Waals surface area (Å²) < 4.78 is 0. The maximum atomic E-state index is 6.05. The number of benzene rings is 2. The molecule has 3 heteroatoms. The van der Waals surface area contributed by atoms with E-state index in [1.54, 1.807) is 0 Å². The molecule has 0 aromatic heterocycles. The minimum atomic E-state index is 0.336. The molecule has 2 unspecified atom stereocenters. The SMILES string of the molecule is CC(Cc1ccc(Cl)c(Cl)c1)C(Br)c1ccccc1. The molecular formula is C16H15BrCl2. The summed E-state index contributed by atoms with van der Waals surface area (Å²) in [5.74, 6) is 0.472. The topological polar surface area (TPSA) is 0 Å². The van der Waals surface area contributed by atoms with Crippen LogP contribution in [0.25, 0.3) is 0 Å². The first-order valence-electron chi connectivity index (χ1n) is 6.21. The Hall–Kier alpha value is -0.500. The van der Waals surface area contributed by atoms with Crippen molar-refractivity contribution in [1.82, 2.24) is 0 Å². The normalized spacial score (nSPS) is 14.1. The number of hydrogen-bond donors (Lipinski definition) is 0. The first-order chi connectivity index (χ1) is 9.08. The van der Waals surface area contributed by atoms with E-state index in [2.05, 4.69) is 47.1 Å². The molecule has 0 aliphatic heterocycles. The predicted molar refractivity (Wildman–Crippen MR) is 87.4 cm³/mol. The van der Waals surface area contributed by atoms with Crippen molar-refractivity contribution < 1.29 is 0 Å². The summed E-state index contributed by atoms with van der Waals surface area (Å²) in [6.45, 7) is 2.23. The molecule has 2 aromatic rings. The zero-order valence-corrected chi connectivity index (χ0v) is 13.7. The van der Waals surface area contributed by atoms with Crippen LogP contribution in [0.2, 0.25) is 10.0 Å². The van der Waals surface area contributed by atoms with Crippen molar-refractivity contribution in [3.63, 3.8) is 0 Å². The van der Waals surface area contributed by atoms with Gasteiger partial charge in [-0.05, 0) is 35.6 Å². The van der Waals surface area contributed by atoms with Crippen LogP contribution in [0, 0.1) is 5.92 Å². The average molecular weight is 358 g/mol. The zero-order valence-electron chi connectivity index (χ0n) is 10.6.